The second kappa shape index (κ2) is 5.55. The van der Waals surface area contributed by atoms with Crippen LogP contribution in [0.4, 0.5) is 0 Å². The van der Waals surface area contributed by atoms with Crippen molar-refractivity contribution in [1.29, 1.82) is 0 Å². The van der Waals surface area contributed by atoms with Crippen molar-refractivity contribution in [2.45, 2.75) is 45.8 Å². The average Bonchev–Trinajstić information content (AvgIpc) is 2.15. The number of piperidine rings is 1. The van der Waals surface area contributed by atoms with Crippen molar-refractivity contribution in [2.24, 2.45) is 0 Å². The second-order valence-corrected chi connectivity index (χ2v) is 3.57. The van der Waals surface area contributed by atoms with Gasteiger partial charge in [-0.15, -0.1) is 0 Å². The van der Waals surface area contributed by atoms with Gasteiger partial charge in [-0.25, -0.2) is 0 Å². The predicted octanol–water partition coefficient (Wildman–Crippen LogP) is 2.24. The molecular formula is C10H21NO. The molecule has 1 saturated heterocycles. The average molecular weight is 171 g/mol. The van der Waals surface area contributed by atoms with Gasteiger partial charge in [-0.1, -0.05) is 13.3 Å². The van der Waals surface area contributed by atoms with Gasteiger partial charge in [0.1, 0.15) is 6.23 Å². The van der Waals surface area contributed by atoms with E-state index in [1.807, 2.05) is 0 Å². The van der Waals surface area contributed by atoms with Crippen LogP contribution in [0.1, 0.15) is 39.5 Å². The van der Waals surface area contributed by atoms with Crippen LogP contribution in [0.15, 0.2) is 0 Å². The minimum Gasteiger partial charge on any atom is -0.363 e. The van der Waals surface area contributed by atoms with Crippen molar-refractivity contribution in [3.05, 3.63) is 0 Å². The molecular weight excluding hydrogens is 150 g/mol. The molecule has 1 rings (SSSR count). The van der Waals surface area contributed by atoms with Crippen molar-refractivity contribution in [3.8, 4) is 0 Å². The van der Waals surface area contributed by atoms with Gasteiger partial charge in [0, 0.05) is 19.7 Å². The first kappa shape index (κ1) is 10.0. The van der Waals surface area contributed by atoms with Gasteiger partial charge < -0.3 is 4.74 Å². The molecule has 1 heterocycles. The first-order valence-electron chi connectivity index (χ1n) is 5.20. The van der Waals surface area contributed by atoms with Gasteiger partial charge in [0.25, 0.3) is 0 Å². The van der Waals surface area contributed by atoms with E-state index in [1.54, 1.807) is 0 Å². The summed E-state index contributed by atoms with van der Waals surface area (Å²) in [5, 5.41) is 0. The quantitative estimate of drug-likeness (QED) is 0.643. The Labute approximate surface area is 75.9 Å². The van der Waals surface area contributed by atoms with E-state index < -0.39 is 0 Å². The zero-order valence-electron chi connectivity index (χ0n) is 8.38. The molecule has 2 heteroatoms. The highest BCUT2D eigenvalue weighted by Gasteiger charge is 2.15. The Balaban J connectivity index is 2.15. The molecule has 1 atom stereocenters. The molecule has 0 amide bonds. The summed E-state index contributed by atoms with van der Waals surface area (Å²) >= 11 is 0. The van der Waals surface area contributed by atoms with E-state index in [0.717, 1.165) is 13.0 Å². The smallest absolute Gasteiger partial charge is 0.107 e. The standard InChI is InChI=1S/C10H21NO/c1-3-9-12-10(2)11-7-5-4-6-8-11/h10H,3-9H2,1-2H3. The van der Waals surface area contributed by atoms with Gasteiger partial charge in [-0.3, -0.25) is 4.90 Å². The fourth-order valence-electron chi connectivity index (χ4n) is 1.68. The maximum atomic E-state index is 5.66. The molecule has 0 aliphatic carbocycles. The lowest BCUT2D eigenvalue weighted by atomic mass is 10.1. The van der Waals surface area contributed by atoms with Gasteiger partial charge >= 0.3 is 0 Å². The first-order valence-corrected chi connectivity index (χ1v) is 5.20. The molecule has 72 valence electrons. The van der Waals surface area contributed by atoms with E-state index in [9.17, 15) is 0 Å². The van der Waals surface area contributed by atoms with Crippen LogP contribution in [0.2, 0.25) is 0 Å². The molecule has 1 aliphatic heterocycles. The van der Waals surface area contributed by atoms with E-state index in [-0.39, 0.29) is 0 Å². The summed E-state index contributed by atoms with van der Waals surface area (Å²) in [6, 6.07) is 0. The Hall–Kier alpha value is -0.0800. The number of rotatable bonds is 4. The van der Waals surface area contributed by atoms with Crippen LogP contribution in [0.5, 0.6) is 0 Å². The fraction of sp³-hybridized carbons (Fsp3) is 1.00. The number of hydrogen-bond donors (Lipinski definition) is 0. The zero-order chi connectivity index (χ0) is 8.81. The Morgan fingerprint density at radius 3 is 2.50 bits per heavy atom. The van der Waals surface area contributed by atoms with Crippen LogP contribution in [-0.2, 0) is 4.74 Å². The molecule has 0 radical (unpaired) electrons. The summed E-state index contributed by atoms with van der Waals surface area (Å²) in [5.41, 5.74) is 0. The topological polar surface area (TPSA) is 12.5 Å². The van der Waals surface area contributed by atoms with Gasteiger partial charge in [0.15, 0.2) is 0 Å². The minimum atomic E-state index is 0.338. The van der Waals surface area contributed by atoms with Crippen LogP contribution in [0.25, 0.3) is 0 Å². The second-order valence-electron chi connectivity index (χ2n) is 3.57. The molecule has 12 heavy (non-hydrogen) atoms. The molecule has 0 aromatic carbocycles. The lowest BCUT2D eigenvalue weighted by Crippen LogP contribution is -2.39. The Morgan fingerprint density at radius 1 is 1.25 bits per heavy atom. The monoisotopic (exact) mass is 171 g/mol. The first-order chi connectivity index (χ1) is 5.84. The van der Waals surface area contributed by atoms with Crippen LogP contribution in [-0.4, -0.2) is 30.8 Å². The third-order valence-electron chi connectivity index (χ3n) is 2.47. The summed E-state index contributed by atoms with van der Waals surface area (Å²) in [7, 11) is 0. The molecule has 0 aromatic heterocycles. The highest BCUT2D eigenvalue weighted by Crippen LogP contribution is 2.12. The predicted molar refractivity (Wildman–Crippen MR) is 51.1 cm³/mol. The van der Waals surface area contributed by atoms with Crippen molar-refractivity contribution >= 4 is 0 Å². The zero-order valence-corrected chi connectivity index (χ0v) is 8.38. The third kappa shape index (κ3) is 3.11. The van der Waals surface area contributed by atoms with Crippen LogP contribution >= 0.6 is 0 Å². The lowest BCUT2D eigenvalue weighted by molar-refractivity contribution is -0.0544. The minimum absolute atomic E-state index is 0.338. The van der Waals surface area contributed by atoms with E-state index in [4.69, 9.17) is 4.74 Å². The van der Waals surface area contributed by atoms with Crippen molar-refractivity contribution in [2.75, 3.05) is 19.7 Å². The highest BCUT2D eigenvalue weighted by atomic mass is 16.5. The molecule has 2 nitrogen and oxygen atoms in total. The van der Waals surface area contributed by atoms with E-state index >= 15 is 0 Å². The summed E-state index contributed by atoms with van der Waals surface area (Å²) in [4.78, 5) is 2.44. The fourth-order valence-corrected chi connectivity index (χ4v) is 1.68. The molecule has 0 N–H and O–H groups in total. The van der Waals surface area contributed by atoms with Crippen LogP contribution in [0.3, 0.4) is 0 Å². The molecule has 0 saturated carbocycles. The van der Waals surface area contributed by atoms with E-state index in [2.05, 4.69) is 18.7 Å². The van der Waals surface area contributed by atoms with E-state index in [0.29, 0.717) is 6.23 Å². The summed E-state index contributed by atoms with van der Waals surface area (Å²) in [6.45, 7) is 7.68. The van der Waals surface area contributed by atoms with Gasteiger partial charge in [-0.05, 0) is 26.2 Å². The van der Waals surface area contributed by atoms with E-state index in [1.165, 1.54) is 32.4 Å². The van der Waals surface area contributed by atoms with Gasteiger partial charge in [-0.2, -0.15) is 0 Å². The maximum Gasteiger partial charge on any atom is 0.107 e. The van der Waals surface area contributed by atoms with Crippen LogP contribution < -0.4 is 0 Å². The molecule has 0 bridgehead atoms. The van der Waals surface area contributed by atoms with Crippen LogP contribution in [0, 0.1) is 0 Å². The lowest BCUT2D eigenvalue weighted by Gasteiger charge is -2.31. The molecule has 1 unspecified atom stereocenters. The summed E-state index contributed by atoms with van der Waals surface area (Å²) in [6.07, 6.45) is 5.56. The molecule has 1 aliphatic rings. The number of nitrogens with zero attached hydrogens (tertiary/aromatic N) is 1. The largest absolute Gasteiger partial charge is 0.363 e. The Kier molecular flexibility index (Phi) is 4.62. The molecule has 0 aromatic rings. The number of ether oxygens (including phenoxy) is 1. The summed E-state index contributed by atoms with van der Waals surface area (Å²) in [5.74, 6) is 0. The van der Waals surface area contributed by atoms with Crippen molar-refractivity contribution in [1.82, 2.24) is 4.90 Å². The Morgan fingerprint density at radius 2 is 1.92 bits per heavy atom. The SMILES string of the molecule is CCCOC(C)N1CCCCC1. The van der Waals surface area contributed by atoms with Crippen molar-refractivity contribution < 1.29 is 4.74 Å². The molecule has 0 spiro atoms. The highest BCUT2D eigenvalue weighted by molar-refractivity contribution is 4.65. The number of hydrogen-bond acceptors (Lipinski definition) is 2. The summed E-state index contributed by atoms with van der Waals surface area (Å²) < 4.78 is 5.66. The normalized spacial score (nSPS) is 22.5. The third-order valence-corrected chi connectivity index (χ3v) is 2.47. The van der Waals surface area contributed by atoms with Gasteiger partial charge in [0.05, 0.1) is 0 Å². The maximum absolute atomic E-state index is 5.66. The number of likely N-dealkylation sites (tertiary alicyclic amines) is 1. The Bertz CT molecular complexity index is 110. The molecule has 1 fully saturated rings. The van der Waals surface area contributed by atoms with Crippen molar-refractivity contribution in [3.63, 3.8) is 0 Å². The van der Waals surface area contributed by atoms with Gasteiger partial charge in [0.2, 0.25) is 0 Å².